The number of aliphatic carboxylic acids is 1. The van der Waals surface area contributed by atoms with E-state index < -0.39 is 5.97 Å². The Hall–Kier alpha value is -1.57. The average molecular weight is 383 g/mol. The van der Waals surface area contributed by atoms with Crippen LogP contribution >= 0.6 is 0 Å². The summed E-state index contributed by atoms with van der Waals surface area (Å²) in [6.07, 6.45) is 19.9. The standard InChI is InChI=1S/C26H38O2/c1-2-3-4-5-20-6-11-22(12-7-20)24-15-17-25(18-16-24)23-13-8-21(9-14-23)10-19-26(27)28/h8-10,13-14,19-20,22,24-25H,2-7,11-12,15-18H2,1H3,(H,27,28)/b19-10+. The highest BCUT2D eigenvalue weighted by atomic mass is 16.4. The fourth-order valence-electron chi connectivity index (χ4n) is 5.60. The Kier molecular flexibility index (Phi) is 8.18. The van der Waals surface area contributed by atoms with Crippen molar-refractivity contribution in [2.75, 3.05) is 0 Å². The first-order chi connectivity index (χ1) is 13.7. The summed E-state index contributed by atoms with van der Waals surface area (Å²) in [6.45, 7) is 2.30. The summed E-state index contributed by atoms with van der Waals surface area (Å²) < 4.78 is 0. The highest BCUT2D eigenvalue weighted by molar-refractivity contribution is 5.85. The van der Waals surface area contributed by atoms with E-state index in [1.807, 2.05) is 0 Å². The van der Waals surface area contributed by atoms with Gasteiger partial charge in [0, 0.05) is 6.08 Å². The monoisotopic (exact) mass is 382 g/mol. The van der Waals surface area contributed by atoms with Gasteiger partial charge in [-0.2, -0.15) is 0 Å². The van der Waals surface area contributed by atoms with Gasteiger partial charge in [0.15, 0.2) is 0 Å². The molecule has 2 aliphatic carbocycles. The highest BCUT2D eigenvalue weighted by Gasteiger charge is 2.31. The Balaban J connectivity index is 1.42. The van der Waals surface area contributed by atoms with E-state index in [4.69, 9.17) is 5.11 Å². The van der Waals surface area contributed by atoms with Gasteiger partial charge in [-0.05, 0) is 79.4 Å². The summed E-state index contributed by atoms with van der Waals surface area (Å²) >= 11 is 0. The Labute approximate surface area is 171 Å². The molecule has 0 saturated heterocycles. The van der Waals surface area contributed by atoms with Crippen LogP contribution in [0.25, 0.3) is 6.08 Å². The van der Waals surface area contributed by atoms with E-state index in [1.165, 1.54) is 88.7 Å². The summed E-state index contributed by atoms with van der Waals surface area (Å²) in [5, 5.41) is 8.74. The number of unbranched alkanes of at least 4 members (excludes halogenated alkanes) is 2. The molecule has 2 fully saturated rings. The molecule has 1 N–H and O–H groups in total. The van der Waals surface area contributed by atoms with Crippen LogP contribution in [0.1, 0.15) is 101 Å². The molecular weight excluding hydrogens is 344 g/mol. The van der Waals surface area contributed by atoms with Crippen molar-refractivity contribution in [1.29, 1.82) is 0 Å². The number of hydrogen-bond donors (Lipinski definition) is 1. The molecule has 0 amide bonds. The van der Waals surface area contributed by atoms with Crippen molar-refractivity contribution in [2.45, 2.75) is 89.9 Å². The number of benzene rings is 1. The summed E-state index contributed by atoms with van der Waals surface area (Å²) in [5.41, 5.74) is 2.40. The molecule has 2 nitrogen and oxygen atoms in total. The number of rotatable bonds is 8. The van der Waals surface area contributed by atoms with Crippen LogP contribution in [0, 0.1) is 17.8 Å². The maximum atomic E-state index is 10.6. The third kappa shape index (κ3) is 6.22. The zero-order chi connectivity index (χ0) is 19.8. The van der Waals surface area contributed by atoms with Crippen molar-refractivity contribution in [3.8, 4) is 0 Å². The minimum atomic E-state index is -0.891. The van der Waals surface area contributed by atoms with E-state index >= 15 is 0 Å². The van der Waals surface area contributed by atoms with E-state index in [0.29, 0.717) is 5.92 Å². The summed E-state index contributed by atoms with van der Waals surface area (Å²) in [4.78, 5) is 10.6. The SMILES string of the molecule is CCCCCC1CCC(C2CCC(c3ccc(/C=C/C(=O)O)cc3)CC2)CC1. The molecule has 0 heterocycles. The van der Waals surface area contributed by atoms with Crippen LogP contribution < -0.4 is 0 Å². The van der Waals surface area contributed by atoms with Crippen LogP contribution in [0.4, 0.5) is 0 Å². The van der Waals surface area contributed by atoms with Crippen molar-refractivity contribution in [3.05, 3.63) is 41.5 Å². The van der Waals surface area contributed by atoms with Crippen LogP contribution in [-0.4, -0.2) is 11.1 Å². The van der Waals surface area contributed by atoms with Gasteiger partial charge in [0.05, 0.1) is 0 Å². The normalized spacial score (nSPS) is 28.5. The topological polar surface area (TPSA) is 37.3 Å². The van der Waals surface area contributed by atoms with Gasteiger partial charge in [-0.3, -0.25) is 0 Å². The Morgan fingerprint density at radius 3 is 2.11 bits per heavy atom. The molecule has 0 bridgehead atoms. The lowest BCUT2D eigenvalue weighted by atomic mass is 9.68. The van der Waals surface area contributed by atoms with Crippen molar-refractivity contribution >= 4 is 12.0 Å². The first-order valence-electron chi connectivity index (χ1n) is 11.7. The number of carboxylic acids is 1. The van der Waals surface area contributed by atoms with E-state index in [0.717, 1.165) is 23.3 Å². The molecule has 2 aliphatic rings. The maximum Gasteiger partial charge on any atom is 0.328 e. The van der Waals surface area contributed by atoms with Gasteiger partial charge in [-0.1, -0.05) is 69.7 Å². The van der Waals surface area contributed by atoms with Crippen LogP contribution in [0.3, 0.4) is 0 Å². The van der Waals surface area contributed by atoms with Crippen LogP contribution in [-0.2, 0) is 4.79 Å². The van der Waals surface area contributed by atoms with E-state index in [1.54, 1.807) is 6.08 Å². The van der Waals surface area contributed by atoms with Gasteiger partial charge in [0.1, 0.15) is 0 Å². The predicted molar refractivity (Wildman–Crippen MR) is 117 cm³/mol. The van der Waals surface area contributed by atoms with Crippen LogP contribution in [0.15, 0.2) is 30.3 Å². The Morgan fingerprint density at radius 1 is 0.929 bits per heavy atom. The second-order valence-electron chi connectivity index (χ2n) is 9.23. The lowest BCUT2D eigenvalue weighted by Crippen LogP contribution is -2.25. The third-order valence-corrected chi connectivity index (χ3v) is 7.37. The zero-order valence-corrected chi connectivity index (χ0v) is 17.6. The lowest BCUT2D eigenvalue weighted by molar-refractivity contribution is -0.131. The van der Waals surface area contributed by atoms with Crippen molar-refractivity contribution in [1.82, 2.24) is 0 Å². The largest absolute Gasteiger partial charge is 0.478 e. The molecule has 2 heteroatoms. The molecule has 0 aromatic heterocycles. The second-order valence-corrected chi connectivity index (χ2v) is 9.23. The predicted octanol–water partition coefficient (Wildman–Crippen LogP) is 7.44. The molecule has 0 spiro atoms. The van der Waals surface area contributed by atoms with Gasteiger partial charge in [0.2, 0.25) is 0 Å². The Bertz CT molecular complexity index is 614. The van der Waals surface area contributed by atoms with Gasteiger partial charge >= 0.3 is 5.97 Å². The molecule has 154 valence electrons. The molecule has 2 saturated carbocycles. The number of carboxylic acid groups (broad SMARTS) is 1. The average Bonchev–Trinajstić information content (AvgIpc) is 2.73. The molecule has 3 rings (SSSR count). The first kappa shape index (κ1) is 21.1. The van der Waals surface area contributed by atoms with E-state index in [9.17, 15) is 4.79 Å². The van der Waals surface area contributed by atoms with Crippen molar-refractivity contribution in [3.63, 3.8) is 0 Å². The number of hydrogen-bond acceptors (Lipinski definition) is 1. The van der Waals surface area contributed by atoms with E-state index in [2.05, 4.69) is 31.2 Å². The zero-order valence-electron chi connectivity index (χ0n) is 17.6. The molecule has 28 heavy (non-hydrogen) atoms. The molecule has 0 atom stereocenters. The molecule has 0 unspecified atom stereocenters. The highest BCUT2D eigenvalue weighted by Crippen LogP contribution is 2.44. The summed E-state index contributed by atoms with van der Waals surface area (Å²) in [5.74, 6) is 2.78. The quantitative estimate of drug-likeness (QED) is 0.374. The van der Waals surface area contributed by atoms with Crippen molar-refractivity contribution in [2.24, 2.45) is 17.8 Å². The van der Waals surface area contributed by atoms with Gasteiger partial charge in [-0.15, -0.1) is 0 Å². The summed E-state index contributed by atoms with van der Waals surface area (Å²) in [6, 6.07) is 8.52. The van der Waals surface area contributed by atoms with Gasteiger partial charge in [0.25, 0.3) is 0 Å². The molecule has 0 radical (unpaired) electrons. The fraction of sp³-hybridized carbons (Fsp3) is 0.654. The Morgan fingerprint density at radius 2 is 1.54 bits per heavy atom. The summed E-state index contributed by atoms with van der Waals surface area (Å²) in [7, 11) is 0. The lowest BCUT2D eigenvalue weighted by Gasteiger charge is -2.38. The molecular formula is C26H38O2. The minimum absolute atomic E-state index is 0.694. The second kappa shape index (κ2) is 10.8. The minimum Gasteiger partial charge on any atom is -0.478 e. The molecule has 1 aromatic carbocycles. The van der Waals surface area contributed by atoms with Gasteiger partial charge < -0.3 is 5.11 Å². The fourth-order valence-corrected chi connectivity index (χ4v) is 5.60. The van der Waals surface area contributed by atoms with E-state index in [-0.39, 0.29) is 0 Å². The molecule has 0 aliphatic heterocycles. The van der Waals surface area contributed by atoms with Crippen molar-refractivity contribution < 1.29 is 9.90 Å². The maximum absolute atomic E-state index is 10.6. The third-order valence-electron chi connectivity index (χ3n) is 7.37. The van der Waals surface area contributed by atoms with Crippen LogP contribution in [0.2, 0.25) is 0 Å². The first-order valence-corrected chi connectivity index (χ1v) is 11.7. The van der Waals surface area contributed by atoms with Gasteiger partial charge in [-0.25, -0.2) is 4.79 Å². The smallest absolute Gasteiger partial charge is 0.328 e. The van der Waals surface area contributed by atoms with Crippen LogP contribution in [0.5, 0.6) is 0 Å². The molecule has 1 aromatic rings. The number of carbonyl (C=O) groups is 1.